The summed E-state index contributed by atoms with van der Waals surface area (Å²) in [6.45, 7) is 4.23. The molecule has 0 atom stereocenters. The monoisotopic (exact) mass is 286 g/mol. The Labute approximate surface area is 119 Å². The summed E-state index contributed by atoms with van der Waals surface area (Å²) in [4.78, 5) is 12.3. The molecule has 0 unspecified atom stereocenters. The minimum atomic E-state index is 0.162. The zero-order valence-electron chi connectivity index (χ0n) is 11.0. The van der Waals surface area contributed by atoms with E-state index in [0.29, 0.717) is 16.5 Å². The average Bonchev–Trinajstić information content (AvgIpc) is 2.33. The zero-order chi connectivity index (χ0) is 13.5. The molecule has 0 aliphatic rings. The first-order valence-corrected chi connectivity index (χ1v) is 7.30. The van der Waals surface area contributed by atoms with Crippen molar-refractivity contribution in [3.05, 3.63) is 33.8 Å². The first-order valence-electron chi connectivity index (χ1n) is 6.55. The van der Waals surface area contributed by atoms with Gasteiger partial charge in [0.25, 0.3) is 0 Å². The highest BCUT2D eigenvalue weighted by atomic mass is 35.5. The van der Waals surface area contributed by atoms with E-state index in [1.54, 1.807) is 18.2 Å². The number of halogens is 2. The lowest BCUT2D eigenvalue weighted by Gasteiger charge is -2.14. The molecule has 0 saturated heterocycles. The van der Waals surface area contributed by atoms with Gasteiger partial charge in [0.15, 0.2) is 0 Å². The molecule has 1 aromatic rings. The largest absolute Gasteiger partial charge is 0.299 e. The third kappa shape index (κ3) is 4.62. The van der Waals surface area contributed by atoms with Crippen molar-refractivity contribution >= 4 is 29.0 Å². The molecule has 0 spiro atoms. The van der Waals surface area contributed by atoms with Crippen LogP contribution in [0.25, 0.3) is 0 Å². The highest BCUT2D eigenvalue weighted by Gasteiger charge is 2.18. The number of hydrogen-bond donors (Lipinski definition) is 0. The molecule has 0 aliphatic carbocycles. The van der Waals surface area contributed by atoms with Crippen LogP contribution in [0.15, 0.2) is 18.2 Å². The van der Waals surface area contributed by atoms with Crippen molar-refractivity contribution in [2.75, 3.05) is 0 Å². The molecule has 0 amide bonds. The third-order valence-corrected chi connectivity index (χ3v) is 3.71. The normalized spacial score (nSPS) is 10.9. The van der Waals surface area contributed by atoms with Gasteiger partial charge in [-0.2, -0.15) is 0 Å². The topological polar surface area (TPSA) is 17.1 Å². The fourth-order valence-electron chi connectivity index (χ4n) is 2.17. The first-order chi connectivity index (χ1) is 8.58. The summed E-state index contributed by atoms with van der Waals surface area (Å²) in [6.07, 6.45) is 4.40. The lowest BCUT2D eigenvalue weighted by Crippen LogP contribution is -2.17. The number of carbonyl (C=O) groups is 1. The average molecular weight is 287 g/mol. The molecule has 3 heteroatoms. The van der Waals surface area contributed by atoms with Crippen LogP contribution in [0.4, 0.5) is 0 Å². The second kappa shape index (κ2) is 7.81. The van der Waals surface area contributed by atoms with E-state index in [2.05, 4.69) is 13.8 Å². The van der Waals surface area contributed by atoms with Gasteiger partial charge in [-0.05, 0) is 36.6 Å². The summed E-state index contributed by atoms with van der Waals surface area (Å²) in [6, 6.07) is 5.28. The number of Topliss-reactive ketones (excluding diaryl/α,β-unsaturated/α-hetero) is 1. The summed E-state index contributed by atoms with van der Waals surface area (Å²) in [7, 11) is 0. The van der Waals surface area contributed by atoms with Gasteiger partial charge in [-0.15, -0.1) is 0 Å². The van der Waals surface area contributed by atoms with E-state index in [1.165, 1.54) is 0 Å². The molecule has 100 valence electrons. The van der Waals surface area contributed by atoms with E-state index >= 15 is 0 Å². The van der Waals surface area contributed by atoms with Gasteiger partial charge in [-0.25, -0.2) is 0 Å². The van der Waals surface area contributed by atoms with Gasteiger partial charge in [0.2, 0.25) is 0 Å². The van der Waals surface area contributed by atoms with E-state index in [1.807, 2.05) is 0 Å². The maximum atomic E-state index is 12.3. The predicted octanol–water partition coefficient (Wildman–Crippen LogP) is 5.32. The van der Waals surface area contributed by atoms with Crippen molar-refractivity contribution in [3.63, 3.8) is 0 Å². The Morgan fingerprint density at radius 1 is 1.17 bits per heavy atom. The molecule has 0 N–H and O–H groups in total. The van der Waals surface area contributed by atoms with Crippen LogP contribution in [0.2, 0.25) is 10.0 Å². The van der Waals surface area contributed by atoms with Crippen molar-refractivity contribution in [1.82, 2.24) is 0 Å². The maximum absolute atomic E-state index is 12.3. The Bertz CT molecular complexity index is 395. The summed E-state index contributed by atoms with van der Waals surface area (Å²) in [5, 5.41) is 1.25. The van der Waals surface area contributed by atoms with Gasteiger partial charge < -0.3 is 0 Å². The van der Waals surface area contributed by atoms with Crippen LogP contribution >= 0.6 is 23.2 Å². The highest BCUT2D eigenvalue weighted by Crippen LogP contribution is 2.24. The maximum Gasteiger partial charge on any atom is 0.140 e. The zero-order valence-corrected chi connectivity index (χ0v) is 12.5. The van der Waals surface area contributed by atoms with Gasteiger partial charge in [0.05, 0.1) is 0 Å². The molecule has 1 rings (SSSR count). The molecular weight excluding hydrogens is 267 g/mol. The lowest BCUT2D eigenvalue weighted by atomic mass is 9.90. The molecule has 1 nitrogen and oxygen atoms in total. The standard InChI is InChI=1S/C15H20Cl2O/c1-3-5-11(6-4-2)15(18)10-12-9-13(16)7-8-14(12)17/h7-9,11H,3-6,10H2,1-2H3. The molecule has 18 heavy (non-hydrogen) atoms. The van der Waals surface area contributed by atoms with E-state index < -0.39 is 0 Å². The molecule has 0 fully saturated rings. The summed E-state index contributed by atoms with van der Waals surface area (Å²) < 4.78 is 0. The van der Waals surface area contributed by atoms with Gasteiger partial charge >= 0.3 is 0 Å². The van der Waals surface area contributed by atoms with Crippen molar-refractivity contribution in [2.45, 2.75) is 46.0 Å². The van der Waals surface area contributed by atoms with Crippen molar-refractivity contribution in [3.8, 4) is 0 Å². The molecule has 0 bridgehead atoms. The number of carbonyl (C=O) groups excluding carboxylic acids is 1. The summed E-state index contributed by atoms with van der Waals surface area (Å²) >= 11 is 12.0. The first kappa shape index (κ1) is 15.5. The second-order valence-electron chi connectivity index (χ2n) is 4.65. The number of rotatable bonds is 7. The number of benzene rings is 1. The molecule has 1 aromatic carbocycles. The van der Waals surface area contributed by atoms with Crippen LogP contribution in [0.5, 0.6) is 0 Å². The molecular formula is C15H20Cl2O. The molecule has 0 aliphatic heterocycles. The fraction of sp³-hybridized carbons (Fsp3) is 0.533. The highest BCUT2D eigenvalue weighted by molar-refractivity contribution is 6.33. The van der Waals surface area contributed by atoms with Crippen LogP contribution in [-0.2, 0) is 11.2 Å². The van der Waals surface area contributed by atoms with Crippen molar-refractivity contribution < 1.29 is 4.79 Å². The molecule has 0 aromatic heterocycles. The van der Waals surface area contributed by atoms with Crippen LogP contribution < -0.4 is 0 Å². The smallest absolute Gasteiger partial charge is 0.140 e. The minimum absolute atomic E-state index is 0.162. The van der Waals surface area contributed by atoms with E-state index in [4.69, 9.17) is 23.2 Å². The molecule has 0 radical (unpaired) electrons. The Kier molecular flexibility index (Phi) is 6.73. The van der Waals surface area contributed by atoms with Gasteiger partial charge in [-0.3, -0.25) is 4.79 Å². The minimum Gasteiger partial charge on any atom is -0.299 e. The Morgan fingerprint density at radius 3 is 2.33 bits per heavy atom. The van der Waals surface area contributed by atoms with Gasteiger partial charge in [-0.1, -0.05) is 49.9 Å². The molecule has 0 saturated carbocycles. The van der Waals surface area contributed by atoms with Crippen LogP contribution in [0, 0.1) is 5.92 Å². The summed E-state index contributed by atoms with van der Waals surface area (Å²) in [5.74, 6) is 0.443. The third-order valence-electron chi connectivity index (χ3n) is 3.10. The predicted molar refractivity (Wildman–Crippen MR) is 78.5 cm³/mol. The molecule has 0 heterocycles. The Balaban J connectivity index is 2.75. The second-order valence-corrected chi connectivity index (χ2v) is 5.50. The number of hydrogen-bond acceptors (Lipinski definition) is 1. The van der Waals surface area contributed by atoms with E-state index in [9.17, 15) is 4.79 Å². The van der Waals surface area contributed by atoms with E-state index in [-0.39, 0.29) is 11.7 Å². The lowest BCUT2D eigenvalue weighted by molar-refractivity contribution is -0.122. The SMILES string of the molecule is CCCC(CCC)C(=O)Cc1cc(Cl)ccc1Cl. The fourth-order valence-corrected chi connectivity index (χ4v) is 2.55. The van der Waals surface area contributed by atoms with Gasteiger partial charge in [0, 0.05) is 22.4 Å². The van der Waals surface area contributed by atoms with Gasteiger partial charge in [0.1, 0.15) is 5.78 Å². The quantitative estimate of drug-likeness (QED) is 0.663. The summed E-state index contributed by atoms with van der Waals surface area (Å²) in [5.41, 5.74) is 0.839. The van der Waals surface area contributed by atoms with Crippen LogP contribution in [-0.4, -0.2) is 5.78 Å². The van der Waals surface area contributed by atoms with Crippen LogP contribution in [0.1, 0.15) is 45.1 Å². The van der Waals surface area contributed by atoms with Crippen molar-refractivity contribution in [1.29, 1.82) is 0 Å². The van der Waals surface area contributed by atoms with Crippen LogP contribution in [0.3, 0.4) is 0 Å². The van der Waals surface area contributed by atoms with Crippen molar-refractivity contribution in [2.24, 2.45) is 5.92 Å². The van der Waals surface area contributed by atoms with E-state index in [0.717, 1.165) is 31.2 Å². The Hall–Kier alpha value is -0.530. The number of ketones is 1. The Morgan fingerprint density at radius 2 is 1.78 bits per heavy atom.